The minimum absolute atomic E-state index is 0.212. The lowest BCUT2D eigenvalue weighted by Gasteiger charge is -2.25. The number of phenols is 1. The van der Waals surface area contributed by atoms with Crippen molar-refractivity contribution in [2.45, 2.75) is 0 Å². The van der Waals surface area contributed by atoms with Gasteiger partial charge in [-0.3, -0.25) is 0 Å². The molecular formula is C26H20O3. The van der Waals surface area contributed by atoms with E-state index in [9.17, 15) is 5.11 Å². The molecule has 4 aromatic carbocycles. The molecule has 0 spiro atoms. The first-order valence-electron chi connectivity index (χ1n) is 9.51. The third-order valence-corrected chi connectivity index (χ3v) is 5.56. The van der Waals surface area contributed by atoms with Crippen LogP contribution in [0.2, 0.25) is 0 Å². The summed E-state index contributed by atoms with van der Waals surface area (Å²) < 4.78 is 11.5. The molecule has 0 aliphatic heterocycles. The predicted octanol–water partition coefficient (Wildman–Crippen LogP) is 6.39. The van der Waals surface area contributed by atoms with Gasteiger partial charge in [0.25, 0.3) is 0 Å². The van der Waals surface area contributed by atoms with Gasteiger partial charge in [-0.2, -0.15) is 0 Å². The summed E-state index contributed by atoms with van der Waals surface area (Å²) in [5, 5.41) is 11.0. The molecule has 1 aliphatic carbocycles. The van der Waals surface area contributed by atoms with E-state index in [2.05, 4.69) is 24.3 Å². The molecule has 0 heterocycles. The summed E-state index contributed by atoms with van der Waals surface area (Å²) in [5.41, 5.74) is 7.81. The molecule has 0 radical (unpaired) electrons. The first-order valence-corrected chi connectivity index (χ1v) is 9.51. The van der Waals surface area contributed by atoms with Crippen molar-refractivity contribution in [3.05, 3.63) is 78.9 Å². The Labute approximate surface area is 169 Å². The van der Waals surface area contributed by atoms with E-state index < -0.39 is 0 Å². The Morgan fingerprint density at radius 3 is 1.59 bits per heavy atom. The first-order chi connectivity index (χ1) is 14.2. The van der Waals surface area contributed by atoms with Gasteiger partial charge in [0.05, 0.1) is 14.2 Å². The SMILES string of the molecule is COc1cccc2c1-c1cccc(O)c1-c1c(OC)cccc1-c1ccccc1-2. The Kier molecular flexibility index (Phi) is 4.02. The summed E-state index contributed by atoms with van der Waals surface area (Å²) in [6.07, 6.45) is 0. The molecule has 3 nitrogen and oxygen atoms in total. The standard InChI is InChI=1S/C26H20O3/c1-28-22-14-6-10-18-16-8-3-4-9-17(16)19-11-7-15-23(29-2)26(19)25-20(24(18)22)12-5-13-21(25)27/h3-15,27H,1-2H3. The van der Waals surface area contributed by atoms with Crippen LogP contribution in [0.5, 0.6) is 17.2 Å². The summed E-state index contributed by atoms with van der Waals surface area (Å²) in [7, 11) is 3.34. The Bertz CT molecular complexity index is 1240. The normalized spacial score (nSPS) is 11.2. The molecule has 5 rings (SSSR count). The Morgan fingerprint density at radius 2 is 0.966 bits per heavy atom. The highest BCUT2D eigenvalue weighted by atomic mass is 16.5. The van der Waals surface area contributed by atoms with Crippen molar-refractivity contribution in [1.82, 2.24) is 0 Å². The van der Waals surface area contributed by atoms with E-state index in [0.717, 1.165) is 56.0 Å². The molecule has 1 aliphatic rings. The van der Waals surface area contributed by atoms with Gasteiger partial charge in [-0.15, -0.1) is 0 Å². The first kappa shape index (κ1) is 17.4. The number of rotatable bonds is 2. The monoisotopic (exact) mass is 380 g/mol. The largest absolute Gasteiger partial charge is 0.507 e. The summed E-state index contributed by atoms with van der Waals surface area (Å²) in [6.45, 7) is 0. The van der Waals surface area contributed by atoms with Crippen molar-refractivity contribution >= 4 is 0 Å². The second-order valence-electron chi connectivity index (χ2n) is 7.01. The molecule has 0 saturated heterocycles. The second kappa shape index (κ2) is 6.71. The molecule has 3 heteroatoms. The lowest BCUT2D eigenvalue weighted by molar-refractivity contribution is 0.415. The quantitative estimate of drug-likeness (QED) is 0.386. The number of methoxy groups -OCH3 is 2. The van der Waals surface area contributed by atoms with Crippen molar-refractivity contribution in [2.24, 2.45) is 0 Å². The third-order valence-electron chi connectivity index (χ3n) is 5.56. The van der Waals surface area contributed by atoms with Crippen LogP contribution in [0.3, 0.4) is 0 Å². The highest BCUT2D eigenvalue weighted by Crippen LogP contribution is 2.54. The van der Waals surface area contributed by atoms with Crippen LogP contribution in [-0.2, 0) is 0 Å². The van der Waals surface area contributed by atoms with Crippen molar-refractivity contribution < 1.29 is 14.6 Å². The van der Waals surface area contributed by atoms with E-state index in [4.69, 9.17) is 9.47 Å². The highest BCUT2D eigenvalue weighted by Gasteiger charge is 2.27. The lowest BCUT2D eigenvalue weighted by Crippen LogP contribution is -2.01. The minimum atomic E-state index is 0.212. The Balaban J connectivity index is 2.06. The molecule has 142 valence electrons. The second-order valence-corrected chi connectivity index (χ2v) is 7.01. The zero-order valence-corrected chi connectivity index (χ0v) is 16.3. The number of phenolic OH excluding ortho intramolecular Hbond substituents is 1. The molecular weight excluding hydrogens is 360 g/mol. The number of hydrogen-bond donors (Lipinski definition) is 1. The number of aromatic hydroxyl groups is 1. The average molecular weight is 380 g/mol. The molecule has 0 saturated carbocycles. The number of ether oxygens (including phenoxy) is 2. The van der Waals surface area contributed by atoms with E-state index >= 15 is 0 Å². The summed E-state index contributed by atoms with van der Waals surface area (Å²) in [4.78, 5) is 0. The predicted molar refractivity (Wildman–Crippen MR) is 117 cm³/mol. The van der Waals surface area contributed by atoms with Crippen LogP contribution in [0.4, 0.5) is 0 Å². The fraction of sp³-hybridized carbons (Fsp3) is 0.0769. The van der Waals surface area contributed by atoms with Gasteiger partial charge in [0.1, 0.15) is 17.2 Å². The van der Waals surface area contributed by atoms with Crippen molar-refractivity contribution in [1.29, 1.82) is 0 Å². The zero-order chi connectivity index (χ0) is 20.0. The maximum Gasteiger partial charge on any atom is 0.127 e. The van der Waals surface area contributed by atoms with Crippen LogP contribution in [0.15, 0.2) is 78.9 Å². The molecule has 0 amide bonds. The van der Waals surface area contributed by atoms with Gasteiger partial charge in [-0.05, 0) is 46.0 Å². The summed E-state index contributed by atoms with van der Waals surface area (Å²) >= 11 is 0. The molecule has 0 aromatic heterocycles. The van der Waals surface area contributed by atoms with Crippen LogP contribution in [0.25, 0.3) is 44.5 Å². The fourth-order valence-electron chi connectivity index (χ4n) is 4.35. The van der Waals surface area contributed by atoms with E-state index in [1.165, 1.54) is 0 Å². The zero-order valence-electron chi connectivity index (χ0n) is 16.3. The lowest BCUT2D eigenvalue weighted by atomic mass is 9.80. The number of benzene rings is 4. The van der Waals surface area contributed by atoms with Gasteiger partial charge in [0.15, 0.2) is 0 Å². The van der Waals surface area contributed by atoms with Crippen molar-refractivity contribution in [2.75, 3.05) is 14.2 Å². The van der Waals surface area contributed by atoms with Crippen molar-refractivity contribution in [3.63, 3.8) is 0 Å². The molecule has 0 fully saturated rings. The molecule has 0 atom stereocenters. The molecule has 29 heavy (non-hydrogen) atoms. The summed E-state index contributed by atoms with van der Waals surface area (Å²) in [5.74, 6) is 1.70. The number of fused-ring (bicyclic) bond motifs is 8. The van der Waals surface area contributed by atoms with E-state index in [-0.39, 0.29) is 5.75 Å². The van der Waals surface area contributed by atoms with Crippen LogP contribution in [-0.4, -0.2) is 19.3 Å². The van der Waals surface area contributed by atoms with E-state index in [1.54, 1.807) is 20.3 Å². The molecule has 4 aromatic rings. The van der Waals surface area contributed by atoms with Gasteiger partial charge in [-0.1, -0.05) is 60.7 Å². The topological polar surface area (TPSA) is 38.7 Å². The molecule has 0 bridgehead atoms. The fourth-order valence-corrected chi connectivity index (χ4v) is 4.35. The Hall–Kier alpha value is -3.72. The molecule has 0 unspecified atom stereocenters. The van der Waals surface area contributed by atoms with Gasteiger partial charge in [0.2, 0.25) is 0 Å². The van der Waals surface area contributed by atoms with E-state index in [1.807, 2.05) is 48.5 Å². The molecule has 1 N–H and O–H groups in total. The van der Waals surface area contributed by atoms with E-state index in [0.29, 0.717) is 0 Å². The van der Waals surface area contributed by atoms with Crippen molar-refractivity contribution in [3.8, 4) is 61.8 Å². The maximum absolute atomic E-state index is 11.0. The van der Waals surface area contributed by atoms with Crippen LogP contribution >= 0.6 is 0 Å². The highest BCUT2D eigenvalue weighted by molar-refractivity contribution is 6.07. The van der Waals surface area contributed by atoms with Gasteiger partial charge >= 0.3 is 0 Å². The smallest absolute Gasteiger partial charge is 0.127 e. The third kappa shape index (κ3) is 2.51. The van der Waals surface area contributed by atoms with Crippen LogP contribution in [0, 0.1) is 0 Å². The van der Waals surface area contributed by atoms with Crippen LogP contribution in [0.1, 0.15) is 0 Å². The maximum atomic E-state index is 11.0. The van der Waals surface area contributed by atoms with Crippen LogP contribution < -0.4 is 9.47 Å². The average Bonchev–Trinajstić information content (AvgIpc) is 2.77. The van der Waals surface area contributed by atoms with Gasteiger partial charge < -0.3 is 14.6 Å². The minimum Gasteiger partial charge on any atom is -0.507 e. The van der Waals surface area contributed by atoms with Gasteiger partial charge in [0, 0.05) is 16.7 Å². The Morgan fingerprint density at radius 1 is 0.483 bits per heavy atom. The summed E-state index contributed by atoms with van der Waals surface area (Å²) in [6, 6.07) is 26.0. The van der Waals surface area contributed by atoms with Gasteiger partial charge in [-0.25, -0.2) is 0 Å². The number of hydrogen-bond acceptors (Lipinski definition) is 3.